The fourth-order valence-electron chi connectivity index (χ4n) is 13.7. The minimum absolute atomic E-state index is 0.00375. The number of fused-ring (bicyclic) bond motifs is 5. The summed E-state index contributed by atoms with van der Waals surface area (Å²) in [6.45, 7) is 39.7. The summed E-state index contributed by atoms with van der Waals surface area (Å²) in [7, 11) is 0. The summed E-state index contributed by atoms with van der Waals surface area (Å²) >= 11 is 0. The number of aromatic hydroxyl groups is 2. The zero-order valence-corrected chi connectivity index (χ0v) is 54.2. The van der Waals surface area contributed by atoms with Crippen molar-refractivity contribution < 1.29 is 33.0 Å². The molecular weight excluding hydrogens is 1070 g/mol. The lowest BCUT2D eigenvalue weighted by molar-refractivity contribution is -0.538. The van der Waals surface area contributed by atoms with Crippen LogP contribution in [-0.2, 0) is 21.7 Å². The number of hydrogen-bond acceptors (Lipinski definition) is 4. The standard InChI is InChI=1S/C78H88F2N2O4/c1-47-34-55(79)43-61(59-37-53(77(15,16)45-73(3,4)5)41-67(69(59)83)81-63-26-21-19-24-49(63)36-50-25-20-22-27-64(50)81)71(47)85-32-23-33-86-72-48(2)35-56(80)44-62(72)60-38-54(78(17,18)46-74(6,7)8)42-68(70(60)84)82-65-39-51(75(9,10)11)28-30-57(65)58-31-29-52(40-66(58)82)76(12,13)14/h19-22,24-31,34-44H,23,32-33,45-46H2,1-18H3,(H-,83,84)/p+1. The molecule has 2 aromatic heterocycles. The monoisotopic (exact) mass is 1160 g/mol. The van der Waals surface area contributed by atoms with Gasteiger partial charge in [-0.15, -0.1) is 4.57 Å². The van der Waals surface area contributed by atoms with Crippen LogP contribution in [0.3, 0.4) is 0 Å². The first kappa shape index (κ1) is 61.4. The molecule has 6 nitrogen and oxygen atoms in total. The largest absolute Gasteiger partial charge is 0.505 e. The molecule has 0 radical (unpaired) electrons. The summed E-state index contributed by atoms with van der Waals surface area (Å²) in [6, 6.07) is 46.0. The highest BCUT2D eigenvalue weighted by molar-refractivity contribution is 6.10. The molecule has 0 unspecified atom stereocenters. The maximum atomic E-state index is 16.2. The van der Waals surface area contributed by atoms with E-state index in [4.69, 9.17) is 9.47 Å². The first-order valence-electron chi connectivity index (χ1n) is 30.6. The number of phenolic OH excluding ortho intramolecular Hbond substituents is 2. The van der Waals surface area contributed by atoms with Gasteiger partial charge in [-0.2, -0.15) is 0 Å². The molecule has 0 saturated heterocycles. The molecule has 0 aliphatic carbocycles. The van der Waals surface area contributed by atoms with Gasteiger partial charge in [0.1, 0.15) is 28.9 Å². The third-order valence-electron chi connectivity index (χ3n) is 17.2. The molecule has 0 saturated carbocycles. The molecule has 0 aliphatic heterocycles. The zero-order chi connectivity index (χ0) is 62.4. The molecular formula is C78H89F2N2O4+. The van der Waals surface area contributed by atoms with Crippen molar-refractivity contribution in [1.82, 2.24) is 4.57 Å². The average Bonchev–Trinajstić information content (AvgIpc) is 1.63. The highest BCUT2D eigenvalue weighted by Crippen LogP contribution is 2.50. The van der Waals surface area contributed by atoms with Crippen LogP contribution in [0.5, 0.6) is 23.0 Å². The van der Waals surface area contributed by atoms with Crippen molar-refractivity contribution in [3.05, 3.63) is 185 Å². The number of benzene rings is 8. The van der Waals surface area contributed by atoms with Crippen LogP contribution in [0.25, 0.3) is 77.2 Å². The van der Waals surface area contributed by atoms with E-state index in [1.807, 2.05) is 50.2 Å². The summed E-state index contributed by atoms with van der Waals surface area (Å²) in [5.74, 6) is 0.0305. The number of ether oxygens (including phenoxy) is 2. The Bertz CT molecular complexity index is 4140. The zero-order valence-electron chi connectivity index (χ0n) is 54.2. The molecule has 0 bridgehead atoms. The Labute approximate surface area is 509 Å². The third kappa shape index (κ3) is 12.2. The van der Waals surface area contributed by atoms with Crippen LogP contribution < -0.4 is 14.0 Å². The number of aryl methyl sites for hydroxylation is 2. The Morgan fingerprint density at radius 3 is 1.29 bits per heavy atom. The molecule has 0 fully saturated rings. The van der Waals surface area contributed by atoms with Gasteiger partial charge in [-0.1, -0.05) is 159 Å². The molecule has 448 valence electrons. The molecule has 10 rings (SSSR count). The van der Waals surface area contributed by atoms with Crippen molar-refractivity contribution in [2.24, 2.45) is 10.8 Å². The first-order valence-corrected chi connectivity index (χ1v) is 30.6. The number of para-hydroxylation sites is 2. The molecule has 86 heavy (non-hydrogen) atoms. The smallest absolute Gasteiger partial charge is 0.254 e. The molecule has 0 aliphatic rings. The number of phenols is 2. The van der Waals surface area contributed by atoms with Crippen molar-refractivity contribution in [2.45, 2.75) is 166 Å². The highest BCUT2D eigenvalue weighted by Gasteiger charge is 2.35. The summed E-state index contributed by atoms with van der Waals surface area (Å²) in [4.78, 5) is 0. The lowest BCUT2D eigenvalue weighted by atomic mass is 9.71. The predicted octanol–water partition coefficient (Wildman–Crippen LogP) is 20.9. The third-order valence-corrected chi connectivity index (χ3v) is 17.2. The first-order chi connectivity index (χ1) is 40.1. The van der Waals surface area contributed by atoms with Gasteiger partial charge in [0, 0.05) is 68.4 Å². The second-order valence-corrected chi connectivity index (χ2v) is 30.2. The number of halogens is 2. The SMILES string of the molecule is Cc1cc(F)cc(-c2cc(C(C)(C)CC(C)(C)C)cc(-n3c4cc(C(C)(C)C)ccc4c4ccc(C(C)(C)C)cc43)c2O)c1OCCCOc1c(C)cc(F)cc1-c1cc(C(C)(C)CC(C)(C)C)cc(-[n+]2c3ccccc3cc3ccccc32)c1O. The van der Waals surface area contributed by atoms with Crippen LogP contribution in [0.2, 0.25) is 0 Å². The number of aromatic nitrogens is 2. The highest BCUT2D eigenvalue weighted by atomic mass is 19.1. The van der Waals surface area contributed by atoms with Crippen LogP contribution in [-0.4, -0.2) is 28.0 Å². The summed E-state index contributed by atoms with van der Waals surface area (Å²) in [6.07, 6.45) is 2.07. The Morgan fingerprint density at radius 1 is 0.442 bits per heavy atom. The van der Waals surface area contributed by atoms with Crippen LogP contribution >= 0.6 is 0 Å². The van der Waals surface area contributed by atoms with Crippen LogP contribution in [0, 0.1) is 36.3 Å². The topological polar surface area (TPSA) is 67.7 Å². The van der Waals surface area contributed by atoms with E-state index in [1.54, 1.807) is 0 Å². The lowest BCUT2D eigenvalue weighted by Crippen LogP contribution is -2.34. The fraction of sp³-hybridized carbons (Fsp3) is 0.372. The van der Waals surface area contributed by atoms with E-state index in [9.17, 15) is 10.2 Å². The normalized spacial score (nSPS) is 13.0. The van der Waals surface area contributed by atoms with Crippen molar-refractivity contribution in [2.75, 3.05) is 13.2 Å². The molecule has 0 amide bonds. The van der Waals surface area contributed by atoms with E-state index in [-0.39, 0.29) is 57.2 Å². The van der Waals surface area contributed by atoms with Gasteiger partial charge in [-0.25, -0.2) is 8.78 Å². The van der Waals surface area contributed by atoms with E-state index in [0.717, 1.165) is 67.6 Å². The van der Waals surface area contributed by atoms with Gasteiger partial charge in [0.05, 0.1) is 29.9 Å². The van der Waals surface area contributed by atoms with Gasteiger partial charge < -0.3 is 24.3 Å². The van der Waals surface area contributed by atoms with Gasteiger partial charge in [0.2, 0.25) is 11.0 Å². The van der Waals surface area contributed by atoms with Crippen molar-refractivity contribution in [3.8, 4) is 56.6 Å². The van der Waals surface area contributed by atoms with Crippen LogP contribution in [0.15, 0.2) is 140 Å². The van der Waals surface area contributed by atoms with Gasteiger partial charge >= 0.3 is 0 Å². The van der Waals surface area contributed by atoms with Crippen molar-refractivity contribution in [1.29, 1.82) is 0 Å². The predicted molar refractivity (Wildman–Crippen MR) is 355 cm³/mol. The van der Waals surface area contributed by atoms with Crippen LogP contribution in [0.1, 0.15) is 163 Å². The quantitative estimate of drug-likeness (QED) is 0.0647. The molecule has 2 N–H and O–H groups in total. The molecule has 8 aromatic carbocycles. The van der Waals surface area contributed by atoms with Crippen LogP contribution in [0.4, 0.5) is 8.78 Å². The van der Waals surface area contributed by atoms with Crippen molar-refractivity contribution in [3.63, 3.8) is 0 Å². The maximum absolute atomic E-state index is 16.2. The fourth-order valence-corrected chi connectivity index (χ4v) is 13.7. The number of pyridine rings is 1. The summed E-state index contributed by atoms with van der Waals surface area (Å²) < 4.78 is 50.1. The second kappa shape index (κ2) is 22.2. The van der Waals surface area contributed by atoms with Crippen molar-refractivity contribution >= 4 is 43.6 Å². The lowest BCUT2D eigenvalue weighted by Gasteiger charge is -2.34. The minimum Gasteiger partial charge on any atom is -0.505 e. The van der Waals surface area contributed by atoms with E-state index in [1.165, 1.54) is 35.4 Å². The maximum Gasteiger partial charge on any atom is 0.254 e. The molecule has 0 atom stereocenters. The van der Waals surface area contributed by atoms with Gasteiger partial charge in [-0.3, -0.25) is 0 Å². The van der Waals surface area contributed by atoms with Gasteiger partial charge in [0.25, 0.3) is 5.69 Å². The van der Waals surface area contributed by atoms with E-state index in [0.29, 0.717) is 62.7 Å². The molecule has 10 aromatic rings. The van der Waals surface area contributed by atoms with E-state index >= 15 is 8.78 Å². The Kier molecular flexibility index (Phi) is 15.9. The number of rotatable bonds is 14. The Balaban J connectivity index is 1.06. The number of nitrogens with zero attached hydrogens (tertiary/aromatic N) is 2. The Hall–Kier alpha value is -7.71. The Morgan fingerprint density at radius 2 is 0.860 bits per heavy atom. The van der Waals surface area contributed by atoms with E-state index < -0.39 is 11.6 Å². The van der Waals surface area contributed by atoms with Gasteiger partial charge in [-0.05, 0) is 165 Å². The second-order valence-electron chi connectivity index (χ2n) is 30.2. The van der Waals surface area contributed by atoms with E-state index in [2.05, 4.69) is 199 Å². The molecule has 8 heteroatoms. The number of hydrogen-bond donors (Lipinski definition) is 2. The molecule has 2 heterocycles. The average molecular weight is 1160 g/mol. The summed E-state index contributed by atoms with van der Waals surface area (Å²) in [5, 5.41) is 30.2. The summed E-state index contributed by atoms with van der Waals surface area (Å²) in [5.41, 5.74) is 11.1. The van der Waals surface area contributed by atoms with Gasteiger partial charge in [0.15, 0.2) is 5.75 Å². The minimum atomic E-state index is -0.448. The molecule has 0 spiro atoms.